The van der Waals surface area contributed by atoms with Crippen molar-refractivity contribution in [3.63, 3.8) is 0 Å². The summed E-state index contributed by atoms with van der Waals surface area (Å²) < 4.78 is 0. The minimum atomic E-state index is -0.162. The van der Waals surface area contributed by atoms with E-state index in [1.165, 1.54) is 0 Å². The number of rotatable bonds is 4. The molecular weight excluding hydrogens is 288 g/mol. The fourth-order valence-electron chi connectivity index (χ4n) is 2.95. The number of carbonyl (C=O) groups is 1. The Bertz CT molecular complexity index is 666. The van der Waals surface area contributed by atoms with E-state index < -0.39 is 0 Å². The molecule has 1 aliphatic heterocycles. The molecule has 1 aromatic heterocycles. The predicted octanol–water partition coefficient (Wildman–Crippen LogP) is 1.72. The zero-order valence-electron chi connectivity index (χ0n) is 13.4. The van der Waals surface area contributed by atoms with Crippen LogP contribution >= 0.6 is 0 Å². The summed E-state index contributed by atoms with van der Waals surface area (Å²) in [7, 11) is 0. The SMILES string of the molecule is Cc1cc(N2CCN(C=O)CC2)ncc1[C@H](N)c1ccccc1. The zero-order chi connectivity index (χ0) is 16.2. The standard InChI is InChI=1S/C18H22N4O/c1-14-11-17(22-9-7-21(13-23)8-10-22)20-12-16(14)18(19)15-5-3-2-4-6-15/h2-6,11-13,18H,7-10,19H2,1H3/t18-/m1/s1. The molecule has 1 saturated heterocycles. The highest BCUT2D eigenvalue weighted by molar-refractivity contribution is 5.50. The van der Waals surface area contributed by atoms with Crippen LogP contribution < -0.4 is 10.6 Å². The first-order valence-corrected chi connectivity index (χ1v) is 7.90. The molecular formula is C18H22N4O. The number of amides is 1. The fourth-order valence-corrected chi connectivity index (χ4v) is 2.95. The number of aryl methyl sites for hydroxylation is 1. The van der Waals surface area contributed by atoms with Crippen molar-refractivity contribution < 1.29 is 4.79 Å². The third kappa shape index (κ3) is 3.35. The van der Waals surface area contributed by atoms with Gasteiger partial charge in [-0.25, -0.2) is 4.98 Å². The number of anilines is 1. The third-order valence-corrected chi connectivity index (χ3v) is 4.42. The van der Waals surface area contributed by atoms with Crippen LogP contribution in [-0.4, -0.2) is 42.5 Å². The van der Waals surface area contributed by atoms with E-state index in [9.17, 15) is 4.79 Å². The van der Waals surface area contributed by atoms with Crippen LogP contribution in [0, 0.1) is 6.92 Å². The number of nitrogens with zero attached hydrogens (tertiary/aromatic N) is 3. The average molecular weight is 310 g/mol. The zero-order valence-corrected chi connectivity index (χ0v) is 13.4. The molecule has 2 heterocycles. The van der Waals surface area contributed by atoms with Crippen molar-refractivity contribution in [2.45, 2.75) is 13.0 Å². The van der Waals surface area contributed by atoms with E-state index in [4.69, 9.17) is 5.73 Å². The van der Waals surface area contributed by atoms with Gasteiger partial charge in [-0.1, -0.05) is 30.3 Å². The summed E-state index contributed by atoms with van der Waals surface area (Å²) in [5.41, 5.74) is 9.66. The molecule has 0 radical (unpaired) electrons. The molecule has 1 atom stereocenters. The first kappa shape index (κ1) is 15.5. The van der Waals surface area contributed by atoms with Crippen molar-refractivity contribution >= 4 is 12.2 Å². The van der Waals surface area contributed by atoms with Crippen LogP contribution in [0.15, 0.2) is 42.6 Å². The lowest BCUT2D eigenvalue weighted by molar-refractivity contribution is -0.118. The molecule has 0 unspecified atom stereocenters. The molecule has 1 aromatic carbocycles. The Morgan fingerprint density at radius 3 is 2.48 bits per heavy atom. The molecule has 0 bridgehead atoms. The van der Waals surface area contributed by atoms with Crippen LogP contribution in [0.25, 0.3) is 0 Å². The number of carbonyl (C=O) groups excluding carboxylic acids is 1. The second-order valence-electron chi connectivity index (χ2n) is 5.92. The fraction of sp³-hybridized carbons (Fsp3) is 0.333. The van der Waals surface area contributed by atoms with E-state index in [1.54, 1.807) is 4.90 Å². The monoisotopic (exact) mass is 310 g/mol. The Hall–Kier alpha value is -2.40. The van der Waals surface area contributed by atoms with Gasteiger partial charge in [0.2, 0.25) is 6.41 Å². The topological polar surface area (TPSA) is 62.5 Å². The Balaban J connectivity index is 1.77. The van der Waals surface area contributed by atoms with Crippen molar-refractivity contribution in [3.05, 3.63) is 59.3 Å². The Morgan fingerprint density at radius 1 is 1.17 bits per heavy atom. The summed E-state index contributed by atoms with van der Waals surface area (Å²) in [6.45, 7) is 5.19. The number of benzene rings is 1. The van der Waals surface area contributed by atoms with Gasteiger partial charge in [0.05, 0.1) is 6.04 Å². The maximum absolute atomic E-state index is 10.8. The van der Waals surface area contributed by atoms with E-state index in [2.05, 4.69) is 22.9 Å². The van der Waals surface area contributed by atoms with Gasteiger partial charge in [0, 0.05) is 32.4 Å². The first-order valence-electron chi connectivity index (χ1n) is 7.90. The van der Waals surface area contributed by atoms with Crippen LogP contribution in [0.3, 0.4) is 0 Å². The quantitative estimate of drug-likeness (QED) is 0.874. The maximum Gasteiger partial charge on any atom is 0.209 e. The smallest absolute Gasteiger partial charge is 0.209 e. The number of aromatic nitrogens is 1. The highest BCUT2D eigenvalue weighted by Crippen LogP contribution is 2.25. The predicted molar refractivity (Wildman–Crippen MR) is 91.3 cm³/mol. The van der Waals surface area contributed by atoms with Gasteiger partial charge in [0.1, 0.15) is 5.82 Å². The molecule has 2 aromatic rings. The third-order valence-electron chi connectivity index (χ3n) is 4.42. The lowest BCUT2D eigenvalue weighted by Crippen LogP contribution is -2.46. The molecule has 0 spiro atoms. The molecule has 1 fully saturated rings. The number of piperazine rings is 1. The summed E-state index contributed by atoms with van der Waals surface area (Å²) in [6, 6.07) is 12.0. The second-order valence-corrected chi connectivity index (χ2v) is 5.92. The van der Waals surface area contributed by atoms with Crippen LogP contribution in [0.5, 0.6) is 0 Å². The molecule has 5 heteroatoms. The molecule has 120 valence electrons. The van der Waals surface area contributed by atoms with Gasteiger partial charge in [0.15, 0.2) is 0 Å². The van der Waals surface area contributed by atoms with E-state index >= 15 is 0 Å². The molecule has 2 N–H and O–H groups in total. The number of hydrogen-bond acceptors (Lipinski definition) is 4. The van der Waals surface area contributed by atoms with E-state index in [0.717, 1.165) is 55.1 Å². The lowest BCUT2D eigenvalue weighted by atomic mass is 9.97. The van der Waals surface area contributed by atoms with Crippen molar-refractivity contribution in [2.75, 3.05) is 31.1 Å². The van der Waals surface area contributed by atoms with E-state index in [1.807, 2.05) is 36.5 Å². The Labute approximate surface area is 136 Å². The summed E-state index contributed by atoms with van der Waals surface area (Å²) >= 11 is 0. The Kier molecular flexibility index (Phi) is 4.57. The Morgan fingerprint density at radius 2 is 1.87 bits per heavy atom. The highest BCUT2D eigenvalue weighted by Gasteiger charge is 2.18. The molecule has 0 saturated carbocycles. The van der Waals surface area contributed by atoms with Gasteiger partial charge in [-0.2, -0.15) is 0 Å². The summed E-state index contributed by atoms with van der Waals surface area (Å²) in [5.74, 6) is 0.956. The normalized spacial score (nSPS) is 16.3. The maximum atomic E-state index is 10.8. The number of pyridine rings is 1. The van der Waals surface area contributed by atoms with E-state index in [0.29, 0.717) is 0 Å². The van der Waals surface area contributed by atoms with Gasteiger partial charge in [-0.3, -0.25) is 4.79 Å². The van der Waals surface area contributed by atoms with Crippen LogP contribution in [0.2, 0.25) is 0 Å². The minimum absolute atomic E-state index is 0.162. The van der Waals surface area contributed by atoms with Crippen molar-refractivity contribution in [2.24, 2.45) is 5.73 Å². The van der Waals surface area contributed by atoms with Crippen LogP contribution in [-0.2, 0) is 4.79 Å². The first-order chi connectivity index (χ1) is 11.2. The molecule has 1 aliphatic rings. The summed E-state index contributed by atoms with van der Waals surface area (Å²) in [4.78, 5) is 19.4. The van der Waals surface area contributed by atoms with Gasteiger partial charge < -0.3 is 15.5 Å². The van der Waals surface area contributed by atoms with Gasteiger partial charge in [0.25, 0.3) is 0 Å². The lowest BCUT2D eigenvalue weighted by Gasteiger charge is -2.33. The number of hydrogen-bond donors (Lipinski definition) is 1. The van der Waals surface area contributed by atoms with E-state index in [-0.39, 0.29) is 6.04 Å². The second kappa shape index (κ2) is 6.79. The summed E-state index contributed by atoms with van der Waals surface area (Å²) in [6.07, 6.45) is 2.80. The largest absolute Gasteiger partial charge is 0.353 e. The van der Waals surface area contributed by atoms with Gasteiger partial charge in [-0.05, 0) is 29.7 Å². The van der Waals surface area contributed by atoms with Gasteiger partial charge >= 0.3 is 0 Å². The van der Waals surface area contributed by atoms with Crippen molar-refractivity contribution in [1.82, 2.24) is 9.88 Å². The minimum Gasteiger partial charge on any atom is -0.353 e. The van der Waals surface area contributed by atoms with Crippen LogP contribution in [0.1, 0.15) is 22.7 Å². The number of nitrogens with two attached hydrogens (primary N) is 1. The van der Waals surface area contributed by atoms with Gasteiger partial charge in [-0.15, -0.1) is 0 Å². The molecule has 5 nitrogen and oxygen atoms in total. The molecule has 1 amide bonds. The van der Waals surface area contributed by atoms with Crippen molar-refractivity contribution in [1.29, 1.82) is 0 Å². The summed E-state index contributed by atoms with van der Waals surface area (Å²) in [5, 5.41) is 0. The van der Waals surface area contributed by atoms with Crippen LogP contribution in [0.4, 0.5) is 5.82 Å². The van der Waals surface area contributed by atoms with Crippen molar-refractivity contribution in [3.8, 4) is 0 Å². The molecule has 23 heavy (non-hydrogen) atoms. The molecule has 0 aliphatic carbocycles. The highest BCUT2D eigenvalue weighted by atomic mass is 16.1. The average Bonchev–Trinajstić information content (AvgIpc) is 2.62. The molecule has 3 rings (SSSR count).